The van der Waals surface area contributed by atoms with Crippen molar-refractivity contribution in [3.05, 3.63) is 0 Å². The van der Waals surface area contributed by atoms with Crippen molar-refractivity contribution < 1.29 is 13.2 Å². The minimum absolute atomic E-state index is 0.0712. The minimum Gasteiger partial charge on any atom is -0.275 e. The van der Waals surface area contributed by atoms with E-state index in [4.69, 9.17) is 5.84 Å². The Kier molecular flexibility index (Phi) is 7.41. The Morgan fingerprint density at radius 1 is 1.29 bits per heavy atom. The number of nitrogens with two attached hydrogens (primary N) is 1. The third-order valence-electron chi connectivity index (χ3n) is 4.03. The van der Waals surface area contributed by atoms with Crippen LogP contribution in [-0.4, -0.2) is 42.7 Å². The molecular formula is C13H28N4O3S. The monoisotopic (exact) mass is 320 g/mol. The maximum Gasteiger partial charge on any atom is 0.346 e. The van der Waals surface area contributed by atoms with E-state index in [1.54, 1.807) is 6.92 Å². The first-order valence-electron chi connectivity index (χ1n) is 7.75. The number of piperidine rings is 1. The van der Waals surface area contributed by atoms with E-state index >= 15 is 0 Å². The average Bonchev–Trinajstić information content (AvgIpc) is 2.48. The van der Waals surface area contributed by atoms with E-state index < -0.39 is 16.2 Å². The van der Waals surface area contributed by atoms with Gasteiger partial charge in [-0.05, 0) is 25.7 Å². The summed E-state index contributed by atoms with van der Waals surface area (Å²) in [6.45, 7) is 4.82. The van der Waals surface area contributed by atoms with Gasteiger partial charge in [0, 0.05) is 19.6 Å². The van der Waals surface area contributed by atoms with Crippen molar-refractivity contribution in [2.75, 3.05) is 19.6 Å². The van der Waals surface area contributed by atoms with Gasteiger partial charge >= 0.3 is 16.2 Å². The van der Waals surface area contributed by atoms with Crippen LogP contribution in [0.3, 0.4) is 0 Å². The number of amides is 2. The quantitative estimate of drug-likeness (QED) is 0.321. The van der Waals surface area contributed by atoms with Crippen LogP contribution in [0.15, 0.2) is 0 Å². The van der Waals surface area contributed by atoms with E-state index in [0.29, 0.717) is 19.0 Å². The molecule has 124 valence electrons. The van der Waals surface area contributed by atoms with Crippen molar-refractivity contribution in [2.45, 2.75) is 52.4 Å². The molecule has 0 aliphatic carbocycles. The molecule has 21 heavy (non-hydrogen) atoms. The highest BCUT2D eigenvalue weighted by molar-refractivity contribution is 7.87. The Hall–Kier alpha value is -0.860. The van der Waals surface area contributed by atoms with Crippen LogP contribution in [0.1, 0.15) is 52.4 Å². The smallest absolute Gasteiger partial charge is 0.275 e. The summed E-state index contributed by atoms with van der Waals surface area (Å²) in [5.74, 6) is 5.64. The van der Waals surface area contributed by atoms with E-state index in [1.807, 2.05) is 5.43 Å². The van der Waals surface area contributed by atoms with Crippen LogP contribution in [0.4, 0.5) is 4.79 Å². The number of carbonyl (C=O) groups is 1. The Labute approximate surface area is 128 Å². The molecule has 3 N–H and O–H groups in total. The molecule has 0 atom stereocenters. The summed E-state index contributed by atoms with van der Waals surface area (Å²) in [4.78, 5) is 11.6. The standard InChI is InChI=1S/C13H28N4O3S/c1-3-5-6-7-12-8-10-16(11-9-12)21(19,20)17(4-2)13(18)15-14/h12H,3-11,14H2,1-2H3,(H,15,18). The zero-order chi connectivity index (χ0) is 15.9. The molecule has 7 nitrogen and oxygen atoms in total. The van der Waals surface area contributed by atoms with Gasteiger partial charge in [-0.2, -0.15) is 12.7 Å². The second-order valence-corrected chi connectivity index (χ2v) is 7.31. The van der Waals surface area contributed by atoms with Gasteiger partial charge in [0.15, 0.2) is 0 Å². The largest absolute Gasteiger partial charge is 0.346 e. The fraction of sp³-hybridized carbons (Fsp3) is 0.923. The molecule has 0 aromatic carbocycles. The van der Waals surface area contributed by atoms with Crippen LogP contribution in [0.5, 0.6) is 0 Å². The molecule has 0 spiro atoms. The zero-order valence-corrected chi connectivity index (χ0v) is 13.9. The summed E-state index contributed by atoms with van der Waals surface area (Å²) in [6, 6.07) is -0.789. The van der Waals surface area contributed by atoms with Gasteiger partial charge in [-0.15, -0.1) is 0 Å². The van der Waals surface area contributed by atoms with E-state index in [0.717, 1.165) is 17.1 Å². The first-order valence-corrected chi connectivity index (χ1v) is 9.15. The second-order valence-electron chi connectivity index (χ2n) is 5.46. The number of carbonyl (C=O) groups excluding carboxylic acids is 1. The molecule has 2 amide bonds. The molecule has 0 aromatic rings. The van der Waals surface area contributed by atoms with E-state index in [1.165, 1.54) is 30.0 Å². The molecule has 1 heterocycles. The molecule has 0 radical (unpaired) electrons. The van der Waals surface area contributed by atoms with Gasteiger partial charge in [-0.3, -0.25) is 5.43 Å². The summed E-state index contributed by atoms with van der Waals surface area (Å²) in [6.07, 6.45) is 6.55. The summed E-state index contributed by atoms with van der Waals surface area (Å²) in [5, 5.41) is 0. The molecule has 1 aliphatic rings. The number of hydrogen-bond donors (Lipinski definition) is 2. The summed E-state index contributed by atoms with van der Waals surface area (Å²) >= 11 is 0. The summed E-state index contributed by atoms with van der Waals surface area (Å²) in [7, 11) is -3.76. The van der Waals surface area contributed by atoms with Crippen molar-refractivity contribution in [1.82, 2.24) is 14.0 Å². The molecule has 0 aromatic heterocycles. The number of rotatable bonds is 7. The minimum atomic E-state index is -3.76. The number of unbranched alkanes of at least 4 members (excludes halogenated alkanes) is 2. The second kappa shape index (κ2) is 8.55. The van der Waals surface area contributed by atoms with Gasteiger partial charge in [0.25, 0.3) is 0 Å². The predicted molar refractivity (Wildman–Crippen MR) is 82.5 cm³/mol. The van der Waals surface area contributed by atoms with Crippen molar-refractivity contribution in [1.29, 1.82) is 0 Å². The molecule has 8 heteroatoms. The van der Waals surface area contributed by atoms with Crippen molar-refractivity contribution >= 4 is 16.2 Å². The van der Waals surface area contributed by atoms with Gasteiger partial charge in [0.1, 0.15) is 0 Å². The molecule has 0 unspecified atom stereocenters. The van der Waals surface area contributed by atoms with Crippen LogP contribution in [0, 0.1) is 5.92 Å². The van der Waals surface area contributed by atoms with Crippen molar-refractivity contribution in [3.63, 3.8) is 0 Å². The molecular weight excluding hydrogens is 292 g/mol. The highest BCUT2D eigenvalue weighted by Gasteiger charge is 2.34. The number of hydrogen-bond acceptors (Lipinski definition) is 4. The molecule has 1 rings (SSSR count). The van der Waals surface area contributed by atoms with E-state index in [-0.39, 0.29) is 6.54 Å². The van der Waals surface area contributed by atoms with Gasteiger partial charge in [0.05, 0.1) is 0 Å². The molecule has 0 bridgehead atoms. The Morgan fingerprint density at radius 3 is 2.38 bits per heavy atom. The fourth-order valence-electron chi connectivity index (χ4n) is 2.73. The maximum absolute atomic E-state index is 12.4. The Balaban J connectivity index is 2.57. The number of nitrogens with zero attached hydrogens (tertiary/aromatic N) is 2. The Bertz CT molecular complexity index is 419. The summed E-state index contributed by atoms with van der Waals surface area (Å²) in [5.41, 5.74) is 1.89. The highest BCUT2D eigenvalue weighted by atomic mass is 32.2. The third-order valence-corrected chi connectivity index (χ3v) is 6.03. The Morgan fingerprint density at radius 2 is 1.90 bits per heavy atom. The first kappa shape index (κ1) is 18.2. The van der Waals surface area contributed by atoms with Crippen LogP contribution in [0.25, 0.3) is 0 Å². The van der Waals surface area contributed by atoms with E-state index in [9.17, 15) is 13.2 Å². The van der Waals surface area contributed by atoms with Crippen molar-refractivity contribution in [2.24, 2.45) is 11.8 Å². The van der Waals surface area contributed by atoms with Gasteiger partial charge in [-0.1, -0.05) is 32.6 Å². The number of urea groups is 1. The van der Waals surface area contributed by atoms with Gasteiger partial charge < -0.3 is 0 Å². The molecule has 1 saturated heterocycles. The van der Waals surface area contributed by atoms with Gasteiger partial charge in [-0.25, -0.2) is 14.9 Å². The lowest BCUT2D eigenvalue weighted by Crippen LogP contribution is -2.53. The topological polar surface area (TPSA) is 95.7 Å². The lowest BCUT2D eigenvalue weighted by Gasteiger charge is -2.34. The SMILES string of the molecule is CCCCCC1CCN(S(=O)(=O)N(CC)C(=O)NN)CC1. The third kappa shape index (κ3) is 4.82. The van der Waals surface area contributed by atoms with E-state index in [2.05, 4.69) is 6.92 Å². The molecule has 0 saturated carbocycles. The average molecular weight is 320 g/mol. The lowest BCUT2D eigenvalue weighted by atomic mass is 9.92. The highest BCUT2D eigenvalue weighted by Crippen LogP contribution is 2.25. The van der Waals surface area contributed by atoms with Crippen LogP contribution in [-0.2, 0) is 10.2 Å². The first-order chi connectivity index (χ1) is 9.97. The molecule has 1 fully saturated rings. The van der Waals surface area contributed by atoms with Crippen LogP contribution < -0.4 is 11.3 Å². The zero-order valence-electron chi connectivity index (χ0n) is 13.0. The van der Waals surface area contributed by atoms with Crippen LogP contribution >= 0.6 is 0 Å². The number of nitrogens with one attached hydrogen (secondary N) is 1. The summed E-state index contributed by atoms with van der Waals surface area (Å²) < 4.78 is 27.0. The van der Waals surface area contributed by atoms with Gasteiger partial charge in [0.2, 0.25) is 0 Å². The number of hydrazine groups is 1. The maximum atomic E-state index is 12.4. The lowest BCUT2D eigenvalue weighted by molar-refractivity contribution is 0.214. The van der Waals surface area contributed by atoms with Crippen LogP contribution in [0.2, 0.25) is 0 Å². The van der Waals surface area contributed by atoms with Crippen molar-refractivity contribution in [3.8, 4) is 0 Å². The predicted octanol–water partition coefficient (Wildman–Crippen LogP) is 1.43. The molecule has 1 aliphatic heterocycles. The fourth-order valence-corrected chi connectivity index (χ4v) is 4.27. The normalized spacial score (nSPS) is 17.7.